The number of hydrogen-bond donors (Lipinski definition) is 0. The number of aryl methyl sites for hydroxylation is 2. The molecule has 1 heterocycles. The van der Waals surface area contributed by atoms with E-state index in [1.54, 1.807) is 6.92 Å². The minimum atomic E-state index is 0.132. The van der Waals surface area contributed by atoms with Crippen molar-refractivity contribution in [3.63, 3.8) is 0 Å². The molecule has 0 N–H and O–H groups in total. The molecule has 4 aromatic rings. The summed E-state index contributed by atoms with van der Waals surface area (Å²) in [5.41, 5.74) is 6.21. The number of pyridine rings is 1. The van der Waals surface area contributed by atoms with Crippen LogP contribution in [0.3, 0.4) is 0 Å². The lowest BCUT2D eigenvalue weighted by molar-refractivity contribution is 0.101. The molecule has 0 unspecified atom stereocenters. The molecule has 0 spiro atoms. The van der Waals surface area contributed by atoms with E-state index in [-0.39, 0.29) is 5.78 Å². The number of rotatable bonds is 7. The molecule has 0 aliphatic heterocycles. The molecule has 0 saturated heterocycles. The van der Waals surface area contributed by atoms with Gasteiger partial charge < -0.3 is 0 Å². The van der Waals surface area contributed by atoms with Gasteiger partial charge >= 0.3 is 0 Å². The average Bonchev–Trinajstić information content (AvgIpc) is 2.78. The lowest BCUT2D eigenvalue weighted by atomic mass is 9.97. The van der Waals surface area contributed by atoms with Crippen molar-refractivity contribution in [1.29, 1.82) is 0 Å². The van der Waals surface area contributed by atoms with Gasteiger partial charge in [0.05, 0.1) is 11.2 Å². The lowest BCUT2D eigenvalue weighted by Crippen LogP contribution is -2.00. The third-order valence-electron chi connectivity index (χ3n) is 5.38. The van der Waals surface area contributed by atoms with Crippen LogP contribution in [0.1, 0.15) is 46.1 Å². The fraction of sp³-hybridized carbons (Fsp3) is 0.143. The van der Waals surface area contributed by atoms with Gasteiger partial charge in [0, 0.05) is 16.0 Å². The Morgan fingerprint density at radius 3 is 2.61 bits per heavy atom. The van der Waals surface area contributed by atoms with Crippen molar-refractivity contribution in [2.75, 3.05) is 0 Å². The van der Waals surface area contributed by atoms with E-state index in [1.165, 1.54) is 5.56 Å². The molecule has 1 aromatic heterocycles. The van der Waals surface area contributed by atoms with Crippen LogP contribution >= 0.6 is 11.6 Å². The van der Waals surface area contributed by atoms with Gasteiger partial charge in [0.1, 0.15) is 0 Å². The lowest BCUT2D eigenvalue weighted by Gasteiger charge is -2.07. The molecule has 0 bridgehead atoms. The van der Waals surface area contributed by atoms with Crippen LogP contribution in [0.2, 0.25) is 5.02 Å². The molecular formula is C28H24ClNO. The number of Topliss-reactive ketones (excluding diaryl/α,β-unsaturated/α-hetero) is 1. The molecule has 0 aliphatic carbocycles. The van der Waals surface area contributed by atoms with E-state index in [0.29, 0.717) is 5.02 Å². The predicted octanol–water partition coefficient (Wildman–Crippen LogP) is 7.44. The molecule has 0 aliphatic rings. The fourth-order valence-corrected chi connectivity index (χ4v) is 3.96. The standard InChI is InChI=1S/C28H24ClNO/c1-20(31)27-11-3-2-9-23(27)10-5-8-21-6-4-7-22(18-21)12-16-26-17-14-24-13-15-25(29)19-28(24)30-26/h2-4,6-7,9,11-19H,5,8,10H2,1H3/b16-12+. The summed E-state index contributed by atoms with van der Waals surface area (Å²) >= 11 is 6.09. The third kappa shape index (κ3) is 5.48. The van der Waals surface area contributed by atoms with Gasteiger partial charge in [-0.15, -0.1) is 0 Å². The second-order valence-electron chi connectivity index (χ2n) is 7.72. The van der Waals surface area contributed by atoms with E-state index in [4.69, 9.17) is 11.6 Å². The number of carbonyl (C=O) groups excluding carboxylic acids is 1. The number of halogens is 1. The van der Waals surface area contributed by atoms with E-state index in [9.17, 15) is 4.79 Å². The number of benzene rings is 3. The highest BCUT2D eigenvalue weighted by Gasteiger charge is 2.06. The highest BCUT2D eigenvalue weighted by Crippen LogP contribution is 2.19. The van der Waals surface area contributed by atoms with Gasteiger partial charge in [-0.05, 0) is 67.2 Å². The molecule has 0 fully saturated rings. The molecule has 4 rings (SSSR count). The monoisotopic (exact) mass is 425 g/mol. The van der Waals surface area contributed by atoms with Crippen molar-refractivity contribution in [2.45, 2.75) is 26.2 Å². The summed E-state index contributed by atoms with van der Waals surface area (Å²) in [6.07, 6.45) is 7.00. The van der Waals surface area contributed by atoms with Crippen LogP contribution in [0.25, 0.3) is 23.1 Å². The third-order valence-corrected chi connectivity index (χ3v) is 5.62. The summed E-state index contributed by atoms with van der Waals surface area (Å²) in [4.78, 5) is 16.5. The van der Waals surface area contributed by atoms with E-state index < -0.39 is 0 Å². The van der Waals surface area contributed by atoms with Crippen molar-refractivity contribution in [3.8, 4) is 0 Å². The summed E-state index contributed by atoms with van der Waals surface area (Å²) in [7, 11) is 0. The van der Waals surface area contributed by atoms with Gasteiger partial charge in [0.25, 0.3) is 0 Å². The maximum Gasteiger partial charge on any atom is 0.160 e. The first-order valence-corrected chi connectivity index (χ1v) is 10.9. The number of ketones is 1. The van der Waals surface area contributed by atoms with Crippen molar-refractivity contribution in [3.05, 3.63) is 112 Å². The zero-order valence-corrected chi connectivity index (χ0v) is 18.3. The fourth-order valence-electron chi connectivity index (χ4n) is 3.80. The molecule has 0 atom stereocenters. The van der Waals surface area contributed by atoms with Gasteiger partial charge in [0.15, 0.2) is 5.78 Å². The first-order valence-electron chi connectivity index (χ1n) is 10.5. The Hall–Kier alpha value is -3.23. The Morgan fingerprint density at radius 1 is 0.903 bits per heavy atom. The van der Waals surface area contributed by atoms with Crippen LogP contribution in [-0.4, -0.2) is 10.8 Å². The summed E-state index contributed by atoms with van der Waals surface area (Å²) in [6, 6.07) is 26.3. The summed E-state index contributed by atoms with van der Waals surface area (Å²) in [6.45, 7) is 1.63. The Labute approximate surface area is 188 Å². The van der Waals surface area contributed by atoms with Crippen molar-refractivity contribution >= 4 is 40.4 Å². The predicted molar refractivity (Wildman–Crippen MR) is 131 cm³/mol. The van der Waals surface area contributed by atoms with E-state index in [2.05, 4.69) is 47.5 Å². The van der Waals surface area contributed by atoms with Gasteiger partial charge in [-0.1, -0.05) is 78.3 Å². The van der Waals surface area contributed by atoms with Gasteiger partial charge in [0.2, 0.25) is 0 Å². The molecule has 0 amide bonds. The van der Waals surface area contributed by atoms with E-state index in [1.807, 2.05) is 48.5 Å². The normalized spacial score (nSPS) is 11.3. The molecule has 3 aromatic carbocycles. The number of nitrogens with zero attached hydrogens (tertiary/aromatic N) is 1. The number of fused-ring (bicyclic) bond motifs is 1. The summed E-state index contributed by atoms with van der Waals surface area (Å²) in [5.74, 6) is 0.132. The zero-order valence-electron chi connectivity index (χ0n) is 17.5. The minimum absolute atomic E-state index is 0.132. The molecule has 3 heteroatoms. The smallest absolute Gasteiger partial charge is 0.160 e. The maximum atomic E-state index is 11.8. The van der Waals surface area contributed by atoms with Crippen molar-refractivity contribution < 1.29 is 4.79 Å². The molecule has 0 saturated carbocycles. The quantitative estimate of drug-likeness (QED) is 0.288. The van der Waals surface area contributed by atoms with Crippen LogP contribution in [0, 0.1) is 0 Å². The SMILES string of the molecule is CC(=O)c1ccccc1CCCc1cccc(/C=C/c2ccc3ccc(Cl)cc3n2)c1. The molecule has 2 nitrogen and oxygen atoms in total. The first-order chi connectivity index (χ1) is 15.1. The Kier molecular flexibility index (Phi) is 6.59. The maximum absolute atomic E-state index is 11.8. The van der Waals surface area contributed by atoms with Crippen molar-refractivity contribution in [1.82, 2.24) is 4.98 Å². The van der Waals surface area contributed by atoms with Crippen LogP contribution in [0.15, 0.2) is 78.9 Å². The summed E-state index contributed by atoms with van der Waals surface area (Å²) < 4.78 is 0. The van der Waals surface area contributed by atoms with Crippen molar-refractivity contribution in [2.24, 2.45) is 0 Å². The van der Waals surface area contributed by atoms with Crippen LogP contribution in [-0.2, 0) is 12.8 Å². The van der Waals surface area contributed by atoms with E-state index >= 15 is 0 Å². The highest BCUT2D eigenvalue weighted by atomic mass is 35.5. The first kappa shape index (κ1) is 21.0. The van der Waals surface area contributed by atoms with Crippen LogP contribution in [0.5, 0.6) is 0 Å². The topological polar surface area (TPSA) is 30.0 Å². The summed E-state index contributed by atoms with van der Waals surface area (Å²) in [5, 5.41) is 1.77. The number of hydrogen-bond acceptors (Lipinski definition) is 2. The van der Waals surface area contributed by atoms with Gasteiger partial charge in [-0.3, -0.25) is 4.79 Å². The van der Waals surface area contributed by atoms with Gasteiger partial charge in [-0.2, -0.15) is 0 Å². The van der Waals surface area contributed by atoms with Crippen LogP contribution in [0.4, 0.5) is 0 Å². The zero-order chi connectivity index (χ0) is 21.6. The number of carbonyl (C=O) groups is 1. The van der Waals surface area contributed by atoms with Gasteiger partial charge in [-0.25, -0.2) is 4.98 Å². The Morgan fingerprint density at radius 2 is 1.74 bits per heavy atom. The molecule has 154 valence electrons. The largest absolute Gasteiger partial charge is 0.295 e. The molecular weight excluding hydrogens is 402 g/mol. The van der Waals surface area contributed by atoms with Crippen LogP contribution < -0.4 is 0 Å². The molecule has 31 heavy (non-hydrogen) atoms. The average molecular weight is 426 g/mol. The highest BCUT2D eigenvalue weighted by molar-refractivity contribution is 6.31. The number of aromatic nitrogens is 1. The van der Waals surface area contributed by atoms with E-state index in [0.717, 1.165) is 52.5 Å². The minimum Gasteiger partial charge on any atom is -0.295 e. The second kappa shape index (κ2) is 9.72. The molecule has 0 radical (unpaired) electrons. The second-order valence-corrected chi connectivity index (χ2v) is 8.15. The Bertz CT molecular complexity index is 1260. The Balaban J connectivity index is 1.42.